The first-order chi connectivity index (χ1) is 6.74. The molecule has 14 heavy (non-hydrogen) atoms. The Bertz CT molecular complexity index is 305. The molecule has 2 heterocycles. The van der Waals surface area contributed by atoms with E-state index < -0.39 is 0 Å². The minimum Gasteiger partial charge on any atom is -0.313 e. The van der Waals surface area contributed by atoms with Gasteiger partial charge in [0.15, 0.2) is 0 Å². The molecular weight excluding hydrogens is 214 g/mol. The average molecular weight is 229 g/mol. The van der Waals surface area contributed by atoms with Gasteiger partial charge in [-0.05, 0) is 32.6 Å². The number of hydrogen-bond acceptors (Lipinski definition) is 5. The molecule has 0 aromatic carbocycles. The van der Waals surface area contributed by atoms with Gasteiger partial charge >= 0.3 is 0 Å². The zero-order valence-electron chi connectivity index (χ0n) is 8.54. The lowest BCUT2D eigenvalue weighted by Gasteiger charge is -2.17. The molecule has 3 nitrogen and oxygen atoms in total. The van der Waals surface area contributed by atoms with E-state index in [1.165, 1.54) is 23.6 Å². The van der Waals surface area contributed by atoms with Gasteiger partial charge in [0.2, 0.25) is 0 Å². The van der Waals surface area contributed by atoms with Gasteiger partial charge < -0.3 is 5.32 Å². The summed E-state index contributed by atoms with van der Waals surface area (Å²) < 4.78 is 0.240. The predicted molar refractivity (Wildman–Crippen MR) is 61.7 cm³/mol. The molecule has 2 rings (SSSR count). The Balaban J connectivity index is 2.15. The van der Waals surface area contributed by atoms with Crippen molar-refractivity contribution in [3.05, 3.63) is 10.0 Å². The molecule has 1 aliphatic heterocycles. The third-order valence-corrected chi connectivity index (χ3v) is 5.31. The third-order valence-electron chi connectivity index (χ3n) is 2.47. The summed E-state index contributed by atoms with van der Waals surface area (Å²) in [7, 11) is 1.94. The van der Waals surface area contributed by atoms with Crippen LogP contribution in [0.1, 0.15) is 29.8 Å². The van der Waals surface area contributed by atoms with Gasteiger partial charge in [-0.15, -0.1) is 22.0 Å². The highest BCUT2D eigenvalue weighted by atomic mass is 32.2. The molecule has 0 amide bonds. The fraction of sp³-hybridized carbons (Fsp3) is 0.778. The molecule has 0 radical (unpaired) electrons. The maximum atomic E-state index is 4.30. The minimum absolute atomic E-state index is 0.240. The standard InChI is InChI=1S/C9H15N3S2/c1-9(4-3-5-13-9)8-12-11-7(14-8)6-10-2/h10H,3-6H2,1-2H3. The summed E-state index contributed by atoms with van der Waals surface area (Å²) in [5.74, 6) is 1.26. The molecule has 0 spiro atoms. The zero-order chi connectivity index (χ0) is 10.0. The van der Waals surface area contributed by atoms with Crippen LogP contribution in [0.25, 0.3) is 0 Å². The first-order valence-electron chi connectivity index (χ1n) is 4.86. The van der Waals surface area contributed by atoms with E-state index in [0.29, 0.717) is 0 Å². The van der Waals surface area contributed by atoms with Gasteiger partial charge in [-0.3, -0.25) is 0 Å². The average Bonchev–Trinajstić information content (AvgIpc) is 2.75. The Labute approximate surface area is 92.7 Å². The fourth-order valence-corrected chi connectivity index (χ4v) is 4.05. The monoisotopic (exact) mass is 229 g/mol. The number of aromatic nitrogens is 2. The van der Waals surface area contributed by atoms with Crippen LogP contribution in [0.3, 0.4) is 0 Å². The molecule has 1 unspecified atom stereocenters. The van der Waals surface area contributed by atoms with Crippen molar-refractivity contribution in [3.63, 3.8) is 0 Å². The van der Waals surface area contributed by atoms with Crippen molar-refractivity contribution in [2.75, 3.05) is 12.8 Å². The molecule has 1 N–H and O–H groups in total. The van der Waals surface area contributed by atoms with Crippen molar-refractivity contribution in [2.45, 2.75) is 31.1 Å². The second-order valence-corrected chi connectivity index (χ2v) is 6.37. The Morgan fingerprint density at radius 1 is 1.50 bits per heavy atom. The van der Waals surface area contributed by atoms with E-state index in [0.717, 1.165) is 11.6 Å². The van der Waals surface area contributed by atoms with Crippen LogP contribution < -0.4 is 5.32 Å². The third kappa shape index (κ3) is 1.94. The molecule has 1 atom stereocenters. The molecule has 0 aliphatic carbocycles. The van der Waals surface area contributed by atoms with Gasteiger partial charge in [0, 0.05) is 6.54 Å². The summed E-state index contributed by atoms with van der Waals surface area (Å²) in [6.07, 6.45) is 2.55. The number of nitrogens with zero attached hydrogens (tertiary/aromatic N) is 2. The van der Waals surface area contributed by atoms with Gasteiger partial charge in [0.25, 0.3) is 0 Å². The lowest BCUT2D eigenvalue weighted by molar-refractivity contribution is 0.633. The van der Waals surface area contributed by atoms with Crippen LogP contribution in [-0.2, 0) is 11.3 Å². The van der Waals surface area contributed by atoms with Crippen LogP contribution in [-0.4, -0.2) is 23.0 Å². The normalized spacial score (nSPS) is 27.0. The summed E-state index contributed by atoms with van der Waals surface area (Å²) in [4.78, 5) is 0. The smallest absolute Gasteiger partial charge is 0.133 e. The quantitative estimate of drug-likeness (QED) is 0.860. The number of thioether (sulfide) groups is 1. The van der Waals surface area contributed by atoms with Crippen LogP contribution in [0.2, 0.25) is 0 Å². The Morgan fingerprint density at radius 2 is 2.36 bits per heavy atom. The summed E-state index contributed by atoms with van der Waals surface area (Å²) in [6.45, 7) is 3.12. The van der Waals surface area contributed by atoms with Crippen molar-refractivity contribution in [1.29, 1.82) is 0 Å². The summed E-state index contributed by atoms with van der Waals surface area (Å²) in [5.41, 5.74) is 0. The molecule has 1 fully saturated rings. The Morgan fingerprint density at radius 3 is 3.00 bits per heavy atom. The second-order valence-electron chi connectivity index (χ2n) is 3.71. The highest BCUT2D eigenvalue weighted by Gasteiger charge is 2.34. The first kappa shape index (κ1) is 10.4. The van der Waals surface area contributed by atoms with E-state index >= 15 is 0 Å². The number of rotatable bonds is 3. The van der Waals surface area contributed by atoms with E-state index in [-0.39, 0.29) is 4.75 Å². The second kappa shape index (κ2) is 4.16. The molecule has 0 saturated carbocycles. The largest absolute Gasteiger partial charge is 0.313 e. The summed E-state index contributed by atoms with van der Waals surface area (Å²) in [6, 6.07) is 0. The fourth-order valence-electron chi connectivity index (χ4n) is 1.64. The summed E-state index contributed by atoms with van der Waals surface area (Å²) >= 11 is 3.76. The topological polar surface area (TPSA) is 37.8 Å². The molecule has 1 saturated heterocycles. The van der Waals surface area contributed by atoms with E-state index in [9.17, 15) is 0 Å². The molecule has 1 aliphatic rings. The van der Waals surface area contributed by atoms with Crippen molar-refractivity contribution < 1.29 is 0 Å². The van der Waals surface area contributed by atoms with Crippen LogP contribution in [0.15, 0.2) is 0 Å². The van der Waals surface area contributed by atoms with Crippen LogP contribution >= 0.6 is 23.1 Å². The molecule has 1 aromatic rings. The van der Waals surface area contributed by atoms with E-state index in [1.807, 2.05) is 18.8 Å². The SMILES string of the molecule is CNCc1nnc(C2(C)CCCS2)s1. The summed E-state index contributed by atoms with van der Waals surface area (Å²) in [5, 5.41) is 13.9. The molecule has 1 aromatic heterocycles. The number of nitrogens with one attached hydrogen (secondary N) is 1. The van der Waals surface area contributed by atoms with Gasteiger partial charge in [-0.1, -0.05) is 11.3 Å². The van der Waals surface area contributed by atoms with Gasteiger partial charge in [0.1, 0.15) is 10.0 Å². The van der Waals surface area contributed by atoms with E-state index in [1.54, 1.807) is 11.3 Å². The van der Waals surface area contributed by atoms with Crippen molar-refractivity contribution in [3.8, 4) is 0 Å². The lowest BCUT2D eigenvalue weighted by Crippen LogP contribution is -2.11. The van der Waals surface area contributed by atoms with E-state index in [4.69, 9.17) is 0 Å². The van der Waals surface area contributed by atoms with Crippen LogP contribution in [0.4, 0.5) is 0 Å². The Kier molecular flexibility index (Phi) is 3.09. The maximum absolute atomic E-state index is 4.30. The maximum Gasteiger partial charge on any atom is 0.133 e. The van der Waals surface area contributed by atoms with Crippen LogP contribution in [0.5, 0.6) is 0 Å². The predicted octanol–water partition coefficient (Wildman–Crippen LogP) is 2.00. The van der Waals surface area contributed by atoms with Crippen molar-refractivity contribution in [2.24, 2.45) is 0 Å². The molecule has 5 heteroatoms. The highest BCUT2D eigenvalue weighted by molar-refractivity contribution is 8.00. The van der Waals surface area contributed by atoms with Crippen LogP contribution in [0, 0.1) is 0 Å². The number of hydrogen-bond donors (Lipinski definition) is 1. The minimum atomic E-state index is 0.240. The Hall–Kier alpha value is -0.130. The lowest BCUT2D eigenvalue weighted by atomic mass is 10.1. The van der Waals surface area contributed by atoms with E-state index in [2.05, 4.69) is 22.4 Å². The van der Waals surface area contributed by atoms with Crippen molar-refractivity contribution in [1.82, 2.24) is 15.5 Å². The van der Waals surface area contributed by atoms with Gasteiger partial charge in [-0.25, -0.2) is 0 Å². The zero-order valence-corrected chi connectivity index (χ0v) is 10.2. The molecular formula is C9H15N3S2. The first-order valence-corrected chi connectivity index (χ1v) is 6.66. The molecule has 78 valence electrons. The highest BCUT2D eigenvalue weighted by Crippen LogP contribution is 2.46. The van der Waals surface area contributed by atoms with Gasteiger partial charge in [-0.2, -0.15) is 0 Å². The van der Waals surface area contributed by atoms with Crippen molar-refractivity contribution >= 4 is 23.1 Å². The molecule has 0 bridgehead atoms. The van der Waals surface area contributed by atoms with Gasteiger partial charge in [0.05, 0.1) is 4.75 Å².